The third kappa shape index (κ3) is 1.45. The summed E-state index contributed by atoms with van der Waals surface area (Å²) in [7, 11) is 0. The lowest BCUT2D eigenvalue weighted by atomic mass is 10.2. The lowest BCUT2D eigenvalue weighted by molar-refractivity contribution is 1.11. The molecule has 0 unspecified atom stereocenters. The van der Waals surface area contributed by atoms with Crippen molar-refractivity contribution < 1.29 is 0 Å². The van der Waals surface area contributed by atoms with Crippen LogP contribution in [0.5, 0.6) is 0 Å². The van der Waals surface area contributed by atoms with Crippen LogP contribution in [-0.2, 0) is 6.54 Å². The summed E-state index contributed by atoms with van der Waals surface area (Å²) in [5, 5.41) is 1.25. The Kier molecular flexibility index (Phi) is 2.06. The summed E-state index contributed by atoms with van der Waals surface area (Å²) in [6, 6.07) is 4.25. The summed E-state index contributed by atoms with van der Waals surface area (Å²) < 4.78 is 0. The summed E-state index contributed by atoms with van der Waals surface area (Å²) in [6.45, 7) is 4.75. The Hall–Kier alpha value is -0.930. The normalized spacial score (nSPS) is 11.0. The highest BCUT2D eigenvalue weighted by Crippen LogP contribution is 2.26. The second kappa shape index (κ2) is 3.09. The number of nitrogens with two attached hydrogens (primary N) is 1. The Morgan fingerprint density at radius 2 is 2.15 bits per heavy atom. The third-order valence-electron chi connectivity index (χ3n) is 2.09. The van der Waals surface area contributed by atoms with Crippen LogP contribution in [0.3, 0.4) is 0 Å². The number of hydrogen-bond acceptors (Lipinski definition) is 3. The van der Waals surface area contributed by atoms with Gasteiger partial charge < -0.3 is 5.73 Å². The minimum Gasteiger partial charge on any atom is -0.326 e. The monoisotopic (exact) mass is 192 g/mol. The van der Waals surface area contributed by atoms with E-state index in [-0.39, 0.29) is 0 Å². The van der Waals surface area contributed by atoms with E-state index in [9.17, 15) is 0 Å². The van der Waals surface area contributed by atoms with Crippen molar-refractivity contribution in [1.29, 1.82) is 0 Å². The maximum atomic E-state index is 5.58. The largest absolute Gasteiger partial charge is 0.326 e. The minimum absolute atomic E-state index is 0.611. The molecule has 0 aliphatic carbocycles. The van der Waals surface area contributed by atoms with Crippen LogP contribution < -0.4 is 5.73 Å². The molecule has 0 aliphatic rings. The molecule has 0 amide bonds. The molecule has 2 nitrogen and oxygen atoms in total. The van der Waals surface area contributed by atoms with Gasteiger partial charge in [0.05, 0.1) is 0 Å². The summed E-state index contributed by atoms with van der Waals surface area (Å²) >= 11 is 1.69. The summed E-state index contributed by atoms with van der Waals surface area (Å²) in [6.07, 6.45) is 0. The standard InChI is InChI=1S/C10H12N2S/c1-6-3-7(2)12-10-9(6)4-8(5-11)13-10/h3-4H,5,11H2,1-2H3. The Bertz CT molecular complexity index is 445. The predicted octanol–water partition coefficient (Wildman–Crippen LogP) is 2.37. The molecule has 2 aromatic rings. The van der Waals surface area contributed by atoms with E-state index in [0.29, 0.717) is 6.54 Å². The van der Waals surface area contributed by atoms with E-state index in [2.05, 4.69) is 24.0 Å². The van der Waals surface area contributed by atoms with Crippen LogP contribution in [-0.4, -0.2) is 4.98 Å². The number of thiophene rings is 1. The zero-order chi connectivity index (χ0) is 9.42. The summed E-state index contributed by atoms with van der Waals surface area (Å²) in [4.78, 5) is 6.78. The van der Waals surface area contributed by atoms with Gasteiger partial charge >= 0.3 is 0 Å². The van der Waals surface area contributed by atoms with Gasteiger partial charge in [-0.05, 0) is 31.5 Å². The van der Waals surface area contributed by atoms with Crippen LogP contribution >= 0.6 is 11.3 Å². The van der Waals surface area contributed by atoms with Crippen LogP contribution in [0.4, 0.5) is 0 Å². The van der Waals surface area contributed by atoms with Crippen LogP contribution in [0.2, 0.25) is 0 Å². The van der Waals surface area contributed by atoms with E-state index >= 15 is 0 Å². The van der Waals surface area contributed by atoms with E-state index in [4.69, 9.17) is 5.73 Å². The number of nitrogens with zero attached hydrogens (tertiary/aromatic N) is 1. The Morgan fingerprint density at radius 3 is 2.85 bits per heavy atom. The Morgan fingerprint density at radius 1 is 1.38 bits per heavy atom. The van der Waals surface area contributed by atoms with Gasteiger partial charge in [-0.2, -0.15) is 0 Å². The van der Waals surface area contributed by atoms with Gasteiger partial charge in [0.2, 0.25) is 0 Å². The van der Waals surface area contributed by atoms with Crippen molar-refractivity contribution in [2.45, 2.75) is 20.4 Å². The van der Waals surface area contributed by atoms with E-state index in [1.165, 1.54) is 15.8 Å². The first-order chi connectivity index (χ1) is 6.20. The first-order valence-electron chi connectivity index (χ1n) is 4.27. The third-order valence-corrected chi connectivity index (χ3v) is 3.14. The molecule has 3 heteroatoms. The smallest absolute Gasteiger partial charge is 0.124 e. The topological polar surface area (TPSA) is 38.9 Å². The summed E-state index contributed by atoms with van der Waals surface area (Å²) in [5.41, 5.74) is 7.95. The summed E-state index contributed by atoms with van der Waals surface area (Å²) in [5.74, 6) is 0. The number of aryl methyl sites for hydroxylation is 2. The van der Waals surface area contributed by atoms with Gasteiger partial charge in [-0.3, -0.25) is 0 Å². The number of hydrogen-bond donors (Lipinski definition) is 1. The van der Waals surface area contributed by atoms with Gasteiger partial charge in [-0.1, -0.05) is 0 Å². The van der Waals surface area contributed by atoms with Crippen molar-refractivity contribution in [1.82, 2.24) is 4.98 Å². The van der Waals surface area contributed by atoms with Crippen molar-refractivity contribution in [3.63, 3.8) is 0 Å². The molecule has 0 radical (unpaired) electrons. The maximum absolute atomic E-state index is 5.58. The second-order valence-corrected chi connectivity index (χ2v) is 4.33. The molecule has 0 atom stereocenters. The molecular weight excluding hydrogens is 180 g/mol. The van der Waals surface area contributed by atoms with E-state index < -0.39 is 0 Å². The molecule has 13 heavy (non-hydrogen) atoms. The van der Waals surface area contributed by atoms with Gasteiger partial charge in [0, 0.05) is 22.5 Å². The van der Waals surface area contributed by atoms with Gasteiger partial charge in [0.1, 0.15) is 4.83 Å². The van der Waals surface area contributed by atoms with Crippen molar-refractivity contribution >= 4 is 21.6 Å². The second-order valence-electron chi connectivity index (χ2n) is 3.22. The Labute approximate surface area is 81.4 Å². The fraction of sp³-hybridized carbons (Fsp3) is 0.300. The molecule has 0 fully saturated rings. The molecule has 68 valence electrons. The number of rotatable bonds is 1. The number of pyridine rings is 1. The zero-order valence-corrected chi connectivity index (χ0v) is 8.61. The molecule has 2 N–H and O–H groups in total. The van der Waals surface area contributed by atoms with E-state index in [1.54, 1.807) is 11.3 Å². The maximum Gasteiger partial charge on any atom is 0.124 e. The fourth-order valence-electron chi connectivity index (χ4n) is 1.48. The van der Waals surface area contributed by atoms with Crippen molar-refractivity contribution in [2.75, 3.05) is 0 Å². The molecule has 2 rings (SSSR count). The first kappa shape index (κ1) is 8.66. The SMILES string of the molecule is Cc1cc(C)c2cc(CN)sc2n1. The minimum atomic E-state index is 0.611. The zero-order valence-electron chi connectivity index (χ0n) is 7.79. The first-order valence-corrected chi connectivity index (χ1v) is 5.09. The molecular formula is C10H12N2S. The van der Waals surface area contributed by atoms with Crippen LogP contribution in [0.15, 0.2) is 12.1 Å². The van der Waals surface area contributed by atoms with Gasteiger partial charge in [0.25, 0.3) is 0 Å². The van der Waals surface area contributed by atoms with Crippen LogP contribution in [0, 0.1) is 13.8 Å². The van der Waals surface area contributed by atoms with E-state index in [1.807, 2.05) is 6.92 Å². The molecule has 0 aromatic carbocycles. The molecule has 0 bridgehead atoms. The van der Waals surface area contributed by atoms with Gasteiger partial charge in [-0.15, -0.1) is 11.3 Å². The lowest BCUT2D eigenvalue weighted by Crippen LogP contribution is -1.91. The fourth-order valence-corrected chi connectivity index (χ4v) is 2.51. The highest BCUT2D eigenvalue weighted by molar-refractivity contribution is 7.18. The highest BCUT2D eigenvalue weighted by atomic mass is 32.1. The molecule has 0 saturated heterocycles. The van der Waals surface area contributed by atoms with Crippen molar-refractivity contribution in [3.8, 4) is 0 Å². The van der Waals surface area contributed by atoms with Crippen molar-refractivity contribution in [3.05, 3.63) is 28.3 Å². The van der Waals surface area contributed by atoms with Crippen LogP contribution in [0.1, 0.15) is 16.1 Å². The Balaban J connectivity index is 2.75. The average molecular weight is 192 g/mol. The predicted molar refractivity (Wildman–Crippen MR) is 57.0 cm³/mol. The lowest BCUT2D eigenvalue weighted by Gasteiger charge is -1.96. The number of aromatic nitrogens is 1. The molecule has 0 spiro atoms. The molecule has 0 saturated carbocycles. The quantitative estimate of drug-likeness (QED) is 0.753. The van der Waals surface area contributed by atoms with Crippen molar-refractivity contribution in [2.24, 2.45) is 5.73 Å². The van der Waals surface area contributed by atoms with Crippen LogP contribution in [0.25, 0.3) is 10.2 Å². The van der Waals surface area contributed by atoms with Gasteiger partial charge in [0.15, 0.2) is 0 Å². The number of fused-ring (bicyclic) bond motifs is 1. The van der Waals surface area contributed by atoms with Gasteiger partial charge in [-0.25, -0.2) is 4.98 Å². The molecule has 0 aliphatic heterocycles. The van der Waals surface area contributed by atoms with E-state index in [0.717, 1.165) is 10.5 Å². The molecule has 2 heterocycles. The average Bonchev–Trinajstić information content (AvgIpc) is 2.47. The molecule has 2 aromatic heterocycles. The highest BCUT2D eigenvalue weighted by Gasteiger charge is 2.04.